The quantitative estimate of drug-likeness (QED) is 0.472. The van der Waals surface area contributed by atoms with Crippen LogP contribution in [0, 0.1) is 10.1 Å². The lowest BCUT2D eigenvalue weighted by Crippen LogP contribution is -2.52. The molecule has 1 aliphatic rings. The second-order valence-corrected chi connectivity index (χ2v) is 6.18. The number of nitrogen functional groups attached to an aromatic ring is 1. The fourth-order valence-corrected chi connectivity index (χ4v) is 3.01. The van der Waals surface area contributed by atoms with E-state index in [0.29, 0.717) is 10.8 Å². The number of anilines is 1. The second kappa shape index (κ2) is 6.16. The van der Waals surface area contributed by atoms with Gasteiger partial charge in [0.1, 0.15) is 5.69 Å². The fraction of sp³-hybridized carbons (Fsp3) is 0.545. The first-order valence-electron chi connectivity index (χ1n) is 6.71. The Morgan fingerprint density at radius 1 is 1.57 bits per heavy atom. The largest absolute Gasteiger partial charge is 0.381 e. The molecular weight excluding hydrogens is 328 g/mol. The Labute approximate surface area is 133 Å². The number of rotatable bonds is 4. The van der Waals surface area contributed by atoms with Crippen molar-refractivity contribution in [1.29, 1.82) is 0 Å². The molecule has 0 aliphatic carbocycles. The van der Waals surface area contributed by atoms with Crippen molar-refractivity contribution in [3.8, 4) is 10.6 Å². The third-order valence-electron chi connectivity index (χ3n) is 3.50. The maximum absolute atomic E-state index is 10.9. The molecule has 0 saturated carbocycles. The molecule has 12 heteroatoms. The summed E-state index contributed by atoms with van der Waals surface area (Å²) in [6.45, 7) is 0.162. The SMILES string of the molecule is Nc1ncc(-c2cn(CC3CC([N+](=O)[O-])C(O)[C@H](O)O3)nn2)s1. The van der Waals surface area contributed by atoms with Crippen LogP contribution in [-0.2, 0) is 11.3 Å². The number of ether oxygens (including phenoxy) is 1. The van der Waals surface area contributed by atoms with Crippen molar-refractivity contribution in [2.45, 2.75) is 37.5 Å². The van der Waals surface area contributed by atoms with Gasteiger partial charge in [0.25, 0.3) is 0 Å². The van der Waals surface area contributed by atoms with Gasteiger partial charge >= 0.3 is 0 Å². The lowest BCUT2D eigenvalue weighted by atomic mass is 10.0. The fourth-order valence-electron chi connectivity index (χ4n) is 2.38. The monoisotopic (exact) mass is 342 g/mol. The first kappa shape index (κ1) is 15.7. The van der Waals surface area contributed by atoms with Gasteiger partial charge in [0.15, 0.2) is 17.5 Å². The van der Waals surface area contributed by atoms with Crippen LogP contribution < -0.4 is 5.73 Å². The maximum atomic E-state index is 10.9. The third kappa shape index (κ3) is 3.29. The minimum Gasteiger partial charge on any atom is -0.381 e. The Morgan fingerprint density at radius 3 is 3.00 bits per heavy atom. The molecule has 3 unspecified atom stereocenters. The van der Waals surface area contributed by atoms with Crippen molar-refractivity contribution in [3.63, 3.8) is 0 Å². The molecule has 1 saturated heterocycles. The molecule has 0 spiro atoms. The minimum absolute atomic E-state index is 0.0338. The summed E-state index contributed by atoms with van der Waals surface area (Å²) < 4.78 is 6.64. The molecule has 1 aliphatic heterocycles. The van der Waals surface area contributed by atoms with Gasteiger partial charge < -0.3 is 20.7 Å². The standard InChI is InChI=1S/C11H14N6O5S/c12-11-13-2-8(23-11)6-4-16(15-14-6)3-5-1-7(17(20)21)9(18)10(19)22-5/h2,4-5,7,9-10,18-19H,1,3H2,(H2,12,13)/t5?,7?,9?,10-/m1/s1. The van der Waals surface area contributed by atoms with E-state index in [9.17, 15) is 20.3 Å². The maximum Gasteiger partial charge on any atom is 0.246 e. The Morgan fingerprint density at radius 2 is 2.35 bits per heavy atom. The summed E-state index contributed by atoms with van der Waals surface area (Å²) in [5.74, 6) is 0. The van der Waals surface area contributed by atoms with E-state index in [-0.39, 0.29) is 13.0 Å². The van der Waals surface area contributed by atoms with Crippen LogP contribution in [0.3, 0.4) is 0 Å². The zero-order valence-electron chi connectivity index (χ0n) is 11.7. The van der Waals surface area contributed by atoms with Gasteiger partial charge in [0.05, 0.1) is 23.7 Å². The highest BCUT2D eigenvalue weighted by molar-refractivity contribution is 7.18. The lowest BCUT2D eigenvalue weighted by Gasteiger charge is -2.32. The number of aromatic nitrogens is 4. The van der Waals surface area contributed by atoms with E-state index in [0.717, 1.165) is 4.88 Å². The summed E-state index contributed by atoms with van der Waals surface area (Å²) in [7, 11) is 0. The van der Waals surface area contributed by atoms with Crippen LogP contribution in [0.4, 0.5) is 5.13 Å². The predicted octanol–water partition coefficient (Wildman–Crippen LogP) is -0.903. The molecular formula is C11H14N6O5S. The van der Waals surface area contributed by atoms with Crippen molar-refractivity contribution < 1.29 is 19.9 Å². The third-order valence-corrected chi connectivity index (χ3v) is 4.35. The van der Waals surface area contributed by atoms with E-state index in [2.05, 4.69) is 15.3 Å². The van der Waals surface area contributed by atoms with Crippen LogP contribution in [0.5, 0.6) is 0 Å². The smallest absolute Gasteiger partial charge is 0.246 e. The highest BCUT2D eigenvalue weighted by Crippen LogP contribution is 2.26. The molecule has 4 atom stereocenters. The topological polar surface area (TPSA) is 162 Å². The number of nitrogens with zero attached hydrogens (tertiary/aromatic N) is 5. The second-order valence-electron chi connectivity index (χ2n) is 5.12. The Bertz CT molecular complexity index is 705. The summed E-state index contributed by atoms with van der Waals surface area (Å²) in [4.78, 5) is 15.0. The van der Waals surface area contributed by atoms with E-state index >= 15 is 0 Å². The zero-order valence-corrected chi connectivity index (χ0v) is 12.5. The minimum atomic E-state index is -1.60. The van der Waals surface area contributed by atoms with Crippen molar-refractivity contribution in [2.24, 2.45) is 0 Å². The number of hydrogen-bond donors (Lipinski definition) is 3. The lowest BCUT2D eigenvalue weighted by molar-refractivity contribution is -0.551. The number of thiazole rings is 1. The summed E-state index contributed by atoms with van der Waals surface area (Å²) in [5, 5.41) is 38.4. The number of hydrogen-bond acceptors (Lipinski definition) is 10. The summed E-state index contributed by atoms with van der Waals surface area (Å²) >= 11 is 1.26. The van der Waals surface area contributed by atoms with Crippen molar-refractivity contribution in [2.75, 3.05) is 5.73 Å². The molecule has 124 valence electrons. The van der Waals surface area contributed by atoms with Gasteiger partial charge in [-0.1, -0.05) is 16.6 Å². The molecule has 2 aromatic heterocycles. The summed E-state index contributed by atoms with van der Waals surface area (Å²) in [6.07, 6.45) is -0.636. The van der Waals surface area contributed by atoms with Crippen LogP contribution >= 0.6 is 11.3 Å². The Kier molecular flexibility index (Phi) is 4.21. The Balaban J connectivity index is 1.70. The molecule has 0 amide bonds. The van der Waals surface area contributed by atoms with E-state index in [1.807, 2.05) is 0 Å². The molecule has 0 aromatic carbocycles. The molecule has 11 nitrogen and oxygen atoms in total. The molecule has 0 radical (unpaired) electrons. The molecule has 1 fully saturated rings. The van der Waals surface area contributed by atoms with Gasteiger partial charge in [0.2, 0.25) is 6.04 Å². The van der Waals surface area contributed by atoms with Gasteiger partial charge in [-0.2, -0.15) is 0 Å². The van der Waals surface area contributed by atoms with E-state index in [1.54, 1.807) is 12.4 Å². The number of nitro groups is 1. The number of nitrogens with two attached hydrogens (primary N) is 1. The van der Waals surface area contributed by atoms with E-state index in [4.69, 9.17) is 10.5 Å². The van der Waals surface area contributed by atoms with E-state index in [1.165, 1.54) is 16.0 Å². The average Bonchev–Trinajstić information content (AvgIpc) is 3.11. The van der Waals surface area contributed by atoms with Gasteiger partial charge in [-0.15, -0.1) is 5.10 Å². The molecule has 2 aromatic rings. The number of aliphatic hydroxyl groups excluding tert-OH is 2. The zero-order chi connectivity index (χ0) is 16.6. The van der Waals surface area contributed by atoms with Crippen LogP contribution in [0.1, 0.15) is 6.42 Å². The van der Waals surface area contributed by atoms with Gasteiger partial charge in [-0.25, -0.2) is 9.67 Å². The van der Waals surface area contributed by atoms with Crippen molar-refractivity contribution in [1.82, 2.24) is 20.0 Å². The van der Waals surface area contributed by atoms with Crippen LogP contribution in [-0.4, -0.2) is 59.7 Å². The average molecular weight is 342 g/mol. The summed E-state index contributed by atoms with van der Waals surface area (Å²) in [5.41, 5.74) is 6.13. The van der Waals surface area contributed by atoms with Gasteiger partial charge in [-0.05, 0) is 0 Å². The first-order valence-corrected chi connectivity index (χ1v) is 7.52. The molecule has 3 heterocycles. The number of aliphatic hydroxyl groups is 2. The van der Waals surface area contributed by atoms with Crippen molar-refractivity contribution in [3.05, 3.63) is 22.5 Å². The molecule has 0 bridgehead atoms. The molecule has 3 rings (SSSR count). The first-order chi connectivity index (χ1) is 10.9. The van der Waals surface area contributed by atoms with Gasteiger partial charge in [-0.3, -0.25) is 10.1 Å². The van der Waals surface area contributed by atoms with Crippen molar-refractivity contribution >= 4 is 16.5 Å². The van der Waals surface area contributed by atoms with Crippen LogP contribution in [0.25, 0.3) is 10.6 Å². The highest BCUT2D eigenvalue weighted by atomic mass is 32.1. The molecule has 4 N–H and O–H groups in total. The Hall–Kier alpha value is -2.15. The van der Waals surface area contributed by atoms with Crippen LogP contribution in [0.2, 0.25) is 0 Å². The van der Waals surface area contributed by atoms with Crippen LogP contribution in [0.15, 0.2) is 12.4 Å². The highest BCUT2D eigenvalue weighted by Gasteiger charge is 2.44. The molecule has 23 heavy (non-hydrogen) atoms. The normalized spacial score (nSPS) is 27.9. The van der Waals surface area contributed by atoms with Gasteiger partial charge in [0, 0.05) is 17.5 Å². The van der Waals surface area contributed by atoms with E-state index < -0.39 is 29.5 Å². The summed E-state index contributed by atoms with van der Waals surface area (Å²) in [6, 6.07) is -1.28. The predicted molar refractivity (Wildman–Crippen MR) is 77.8 cm³/mol.